The van der Waals surface area contributed by atoms with Crippen LogP contribution in [0.15, 0.2) is 60.7 Å². The van der Waals surface area contributed by atoms with Gasteiger partial charge in [-0.15, -0.1) is 0 Å². The molecule has 1 saturated heterocycles. The van der Waals surface area contributed by atoms with Gasteiger partial charge in [0.15, 0.2) is 0 Å². The van der Waals surface area contributed by atoms with Crippen LogP contribution in [0.4, 0.5) is 0 Å². The zero-order valence-electron chi connectivity index (χ0n) is 14.3. The Kier molecular flexibility index (Phi) is 5.63. The normalized spacial score (nSPS) is 17.5. The van der Waals surface area contributed by atoms with Crippen LogP contribution in [0.5, 0.6) is 0 Å². The molecule has 0 unspecified atom stereocenters. The molecule has 3 rings (SSSR count). The third kappa shape index (κ3) is 3.84. The number of hydrogen-bond donors (Lipinski definition) is 0. The SMILES string of the molecule is C[C@@H](CC#N)N1CCN(C(c2ccccc2)c2ccccc2)CC1. The predicted molar refractivity (Wildman–Crippen MR) is 97.6 cm³/mol. The van der Waals surface area contributed by atoms with E-state index >= 15 is 0 Å². The quantitative estimate of drug-likeness (QED) is 0.842. The van der Waals surface area contributed by atoms with E-state index < -0.39 is 0 Å². The molecule has 2 aromatic rings. The lowest BCUT2D eigenvalue weighted by Crippen LogP contribution is -2.50. The van der Waals surface area contributed by atoms with Crippen molar-refractivity contribution in [3.63, 3.8) is 0 Å². The molecule has 1 aliphatic heterocycles. The Morgan fingerprint density at radius 3 is 1.75 bits per heavy atom. The molecule has 0 aromatic heterocycles. The van der Waals surface area contributed by atoms with Gasteiger partial charge in [0, 0.05) is 32.2 Å². The topological polar surface area (TPSA) is 30.3 Å². The van der Waals surface area contributed by atoms with Crippen LogP contribution in [-0.2, 0) is 0 Å². The lowest BCUT2D eigenvalue weighted by molar-refractivity contribution is 0.0852. The van der Waals surface area contributed by atoms with Crippen molar-refractivity contribution < 1.29 is 0 Å². The van der Waals surface area contributed by atoms with Gasteiger partial charge in [-0.3, -0.25) is 9.80 Å². The molecule has 1 atom stereocenters. The van der Waals surface area contributed by atoms with Crippen molar-refractivity contribution in [2.24, 2.45) is 0 Å². The van der Waals surface area contributed by atoms with Gasteiger partial charge in [0.1, 0.15) is 0 Å². The first-order chi connectivity index (χ1) is 11.8. The molecular formula is C21H25N3. The molecule has 1 heterocycles. The minimum absolute atomic E-state index is 0.306. The number of rotatable bonds is 5. The number of nitrogens with zero attached hydrogens (tertiary/aromatic N) is 3. The highest BCUT2D eigenvalue weighted by Crippen LogP contribution is 2.29. The molecule has 124 valence electrons. The molecule has 3 heteroatoms. The lowest BCUT2D eigenvalue weighted by Gasteiger charge is -2.41. The Morgan fingerprint density at radius 2 is 1.29 bits per heavy atom. The zero-order chi connectivity index (χ0) is 16.8. The summed E-state index contributed by atoms with van der Waals surface area (Å²) in [6.45, 7) is 6.28. The molecule has 0 N–H and O–H groups in total. The summed E-state index contributed by atoms with van der Waals surface area (Å²) in [7, 11) is 0. The molecule has 0 saturated carbocycles. The molecule has 24 heavy (non-hydrogen) atoms. The van der Waals surface area contributed by atoms with Crippen molar-refractivity contribution >= 4 is 0 Å². The molecule has 2 aromatic carbocycles. The van der Waals surface area contributed by atoms with Crippen LogP contribution in [-0.4, -0.2) is 42.0 Å². The molecular weight excluding hydrogens is 294 g/mol. The van der Waals surface area contributed by atoms with Crippen LogP contribution in [0.3, 0.4) is 0 Å². The van der Waals surface area contributed by atoms with Crippen LogP contribution in [0.2, 0.25) is 0 Å². The summed E-state index contributed by atoms with van der Waals surface area (Å²) < 4.78 is 0. The fourth-order valence-electron chi connectivity index (χ4n) is 3.58. The monoisotopic (exact) mass is 319 g/mol. The van der Waals surface area contributed by atoms with E-state index in [-0.39, 0.29) is 0 Å². The van der Waals surface area contributed by atoms with Crippen LogP contribution in [0.25, 0.3) is 0 Å². The molecule has 0 bridgehead atoms. The third-order valence-corrected chi connectivity index (χ3v) is 4.95. The molecule has 1 aliphatic rings. The average molecular weight is 319 g/mol. The van der Waals surface area contributed by atoms with E-state index in [1.807, 2.05) is 0 Å². The van der Waals surface area contributed by atoms with Gasteiger partial charge in [-0.1, -0.05) is 60.7 Å². The average Bonchev–Trinajstić information content (AvgIpc) is 2.64. The summed E-state index contributed by atoms with van der Waals surface area (Å²) >= 11 is 0. The number of benzene rings is 2. The molecule has 0 radical (unpaired) electrons. The van der Waals surface area contributed by atoms with Gasteiger partial charge in [-0.2, -0.15) is 5.26 Å². The highest BCUT2D eigenvalue weighted by atomic mass is 15.3. The summed E-state index contributed by atoms with van der Waals surface area (Å²) in [5.41, 5.74) is 2.70. The second-order valence-electron chi connectivity index (χ2n) is 6.51. The van der Waals surface area contributed by atoms with Crippen molar-refractivity contribution in [3.05, 3.63) is 71.8 Å². The number of nitriles is 1. The lowest BCUT2D eigenvalue weighted by atomic mass is 9.96. The predicted octanol–water partition coefficient (Wildman–Crippen LogP) is 3.70. The third-order valence-electron chi connectivity index (χ3n) is 4.95. The maximum atomic E-state index is 8.92. The van der Waals surface area contributed by atoms with E-state index in [0.29, 0.717) is 18.5 Å². The van der Waals surface area contributed by atoms with E-state index in [9.17, 15) is 0 Å². The van der Waals surface area contributed by atoms with Crippen molar-refractivity contribution in [1.82, 2.24) is 9.80 Å². The number of piperazine rings is 1. The van der Waals surface area contributed by atoms with Gasteiger partial charge in [-0.05, 0) is 18.1 Å². The van der Waals surface area contributed by atoms with Crippen LogP contribution in [0.1, 0.15) is 30.5 Å². The summed E-state index contributed by atoms with van der Waals surface area (Å²) in [6.07, 6.45) is 0.612. The second kappa shape index (κ2) is 8.10. The minimum Gasteiger partial charge on any atom is -0.297 e. The maximum absolute atomic E-state index is 8.92. The standard InChI is InChI=1S/C21H25N3/c1-18(12-13-22)23-14-16-24(17-15-23)21(19-8-4-2-5-9-19)20-10-6-3-7-11-20/h2-11,18,21H,12,14-17H2,1H3/t18-/m0/s1. The highest BCUT2D eigenvalue weighted by molar-refractivity contribution is 5.31. The fourth-order valence-corrected chi connectivity index (χ4v) is 3.58. The van der Waals surface area contributed by atoms with Crippen LogP contribution in [0, 0.1) is 11.3 Å². The first kappa shape index (κ1) is 16.7. The van der Waals surface area contributed by atoms with E-state index in [2.05, 4.69) is 83.5 Å². The van der Waals surface area contributed by atoms with Crippen LogP contribution >= 0.6 is 0 Å². The maximum Gasteiger partial charge on any atom is 0.0638 e. The molecule has 3 nitrogen and oxygen atoms in total. The fraction of sp³-hybridized carbons (Fsp3) is 0.381. The Morgan fingerprint density at radius 1 is 0.833 bits per heavy atom. The Bertz CT molecular complexity index is 615. The van der Waals surface area contributed by atoms with Crippen molar-refractivity contribution in [2.75, 3.05) is 26.2 Å². The molecule has 1 fully saturated rings. The second-order valence-corrected chi connectivity index (χ2v) is 6.51. The van der Waals surface area contributed by atoms with Crippen molar-refractivity contribution in [2.45, 2.75) is 25.4 Å². The first-order valence-corrected chi connectivity index (χ1v) is 8.74. The molecule has 0 aliphatic carbocycles. The van der Waals surface area contributed by atoms with Gasteiger partial charge >= 0.3 is 0 Å². The Labute approximate surface area is 145 Å². The summed E-state index contributed by atoms with van der Waals surface area (Å²) in [6, 6.07) is 24.5. The molecule has 0 spiro atoms. The van der Waals surface area contributed by atoms with E-state index in [4.69, 9.17) is 5.26 Å². The first-order valence-electron chi connectivity index (χ1n) is 8.74. The minimum atomic E-state index is 0.306. The summed E-state index contributed by atoms with van der Waals surface area (Å²) in [4.78, 5) is 5.01. The van der Waals surface area contributed by atoms with Gasteiger partial charge in [0.05, 0.1) is 18.5 Å². The van der Waals surface area contributed by atoms with Gasteiger partial charge < -0.3 is 0 Å². The van der Waals surface area contributed by atoms with E-state index in [0.717, 1.165) is 26.2 Å². The largest absolute Gasteiger partial charge is 0.297 e. The van der Waals surface area contributed by atoms with E-state index in [1.165, 1.54) is 11.1 Å². The van der Waals surface area contributed by atoms with E-state index in [1.54, 1.807) is 0 Å². The van der Waals surface area contributed by atoms with Crippen LogP contribution < -0.4 is 0 Å². The number of hydrogen-bond acceptors (Lipinski definition) is 3. The highest BCUT2D eigenvalue weighted by Gasteiger charge is 2.27. The Hall–Kier alpha value is -2.15. The molecule has 0 amide bonds. The van der Waals surface area contributed by atoms with Crippen molar-refractivity contribution in [3.8, 4) is 6.07 Å². The summed E-state index contributed by atoms with van der Waals surface area (Å²) in [5.74, 6) is 0. The zero-order valence-corrected chi connectivity index (χ0v) is 14.3. The van der Waals surface area contributed by atoms with Gasteiger partial charge in [0.25, 0.3) is 0 Å². The smallest absolute Gasteiger partial charge is 0.0638 e. The van der Waals surface area contributed by atoms with Crippen molar-refractivity contribution in [1.29, 1.82) is 5.26 Å². The Balaban J connectivity index is 1.78. The van der Waals surface area contributed by atoms with Gasteiger partial charge in [-0.25, -0.2) is 0 Å². The summed E-state index contributed by atoms with van der Waals surface area (Å²) in [5, 5.41) is 8.92. The van der Waals surface area contributed by atoms with Gasteiger partial charge in [0.2, 0.25) is 0 Å².